The molecular formula is C14H15ClN4O. The lowest BCUT2D eigenvalue weighted by molar-refractivity contribution is 0.415. The number of nitrogens with zero attached hydrogens (tertiary/aromatic N) is 4. The number of fused-ring (bicyclic) bond motifs is 1. The van der Waals surface area contributed by atoms with Crippen LogP contribution in [0.4, 0.5) is 11.5 Å². The van der Waals surface area contributed by atoms with E-state index in [1.165, 1.54) is 0 Å². The van der Waals surface area contributed by atoms with E-state index in [9.17, 15) is 0 Å². The van der Waals surface area contributed by atoms with Crippen LogP contribution in [-0.4, -0.2) is 30.8 Å². The molecule has 0 amide bonds. The number of hydrogen-bond acceptors (Lipinski definition) is 5. The highest BCUT2D eigenvalue weighted by atomic mass is 35.5. The van der Waals surface area contributed by atoms with Gasteiger partial charge in [-0.25, -0.2) is 9.97 Å². The molecule has 0 saturated heterocycles. The number of benzene rings is 1. The summed E-state index contributed by atoms with van der Waals surface area (Å²) in [6.07, 6.45) is 1.79. The Hall–Kier alpha value is -2.01. The molecule has 104 valence electrons. The summed E-state index contributed by atoms with van der Waals surface area (Å²) >= 11 is 5.85. The van der Waals surface area contributed by atoms with E-state index in [0.29, 0.717) is 0 Å². The molecule has 0 N–H and O–H groups in total. The average Bonchev–Trinajstić information content (AvgIpc) is 2.48. The van der Waals surface area contributed by atoms with Crippen LogP contribution >= 0.6 is 11.6 Å². The number of halogens is 1. The number of aromatic nitrogens is 2. The number of anilines is 2. The summed E-state index contributed by atoms with van der Waals surface area (Å²) in [5.41, 5.74) is 2.21. The van der Waals surface area contributed by atoms with Crippen molar-refractivity contribution in [3.8, 4) is 5.75 Å². The molecule has 0 spiro atoms. The Bertz CT molecular complexity index is 617. The second-order valence-corrected chi connectivity index (χ2v) is 5.06. The fourth-order valence-electron chi connectivity index (χ4n) is 2.36. The highest BCUT2D eigenvalue weighted by Gasteiger charge is 2.22. The molecule has 1 aliphatic heterocycles. The van der Waals surface area contributed by atoms with E-state index in [0.717, 1.165) is 36.0 Å². The van der Waals surface area contributed by atoms with Crippen molar-refractivity contribution in [1.82, 2.24) is 9.97 Å². The van der Waals surface area contributed by atoms with Gasteiger partial charge in [-0.05, 0) is 35.9 Å². The minimum Gasteiger partial charge on any atom is -0.497 e. The lowest BCUT2D eigenvalue weighted by Crippen LogP contribution is -2.40. The molecule has 0 fully saturated rings. The van der Waals surface area contributed by atoms with E-state index < -0.39 is 0 Å². The van der Waals surface area contributed by atoms with Crippen molar-refractivity contribution in [3.63, 3.8) is 0 Å². The van der Waals surface area contributed by atoms with Crippen molar-refractivity contribution in [1.29, 1.82) is 0 Å². The maximum absolute atomic E-state index is 5.85. The molecule has 0 aliphatic carbocycles. The molecule has 0 radical (unpaired) electrons. The lowest BCUT2D eigenvalue weighted by atomic mass is 10.2. The Balaban J connectivity index is 1.88. The summed E-state index contributed by atoms with van der Waals surface area (Å²) in [6, 6.07) is 8.02. The molecule has 5 nitrogen and oxygen atoms in total. The second kappa shape index (κ2) is 5.17. The minimum absolute atomic E-state index is 0.286. The van der Waals surface area contributed by atoms with Gasteiger partial charge in [-0.1, -0.05) is 0 Å². The van der Waals surface area contributed by atoms with Crippen molar-refractivity contribution >= 4 is 23.1 Å². The molecule has 0 atom stereocenters. The van der Waals surface area contributed by atoms with Gasteiger partial charge in [0.15, 0.2) is 0 Å². The van der Waals surface area contributed by atoms with Gasteiger partial charge >= 0.3 is 0 Å². The van der Waals surface area contributed by atoms with Crippen LogP contribution < -0.4 is 14.5 Å². The Morgan fingerprint density at radius 3 is 2.70 bits per heavy atom. The van der Waals surface area contributed by atoms with Crippen LogP contribution in [0.1, 0.15) is 5.56 Å². The molecule has 0 bridgehead atoms. The quantitative estimate of drug-likeness (QED) is 0.795. The van der Waals surface area contributed by atoms with E-state index >= 15 is 0 Å². The number of rotatable bonds is 2. The van der Waals surface area contributed by atoms with Gasteiger partial charge in [0.1, 0.15) is 11.6 Å². The van der Waals surface area contributed by atoms with Gasteiger partial charge in [0.05, 0.1) is 13.8 Å². The number of hydrogen-bond donors (Lipinski definition) is 0. The molecule has 0 unspecified atom stereocenters. The number of methoxy groups -OCH3 is 1. The monoisotopic (exact) mass is 290 g/mol. The lowest BCUT2D eigenvalue weighted by Gasteiger charge is -2.36. The molecule has 1 aromatic carbocycles. The van der Waals surface area contributed by atoms with Crippen LogP contribution in [0.2, 0.25) is 5.28 Å². The van der Waals surface area contributed by atoms with Crippen LogP contribution in [0.25, 0.3) is 0 Å². The standard InChI is InChI=1S/C14H15ClN4O/c1-18-9-19(11-3-5-12(20-2)6-4-11)8-10-7-16-14(15)17-13(10)18/h3-7H,8-9H2,1-2H3. The molecule has 6 heteroatoms. The van der Waals surface area contributed by atoms with Crippen molar-refractivity contribution in [2.24, 2.45) is 0 Å². The predicted octanol–water partition coefficient (Wildman–Crippen LogP) is 2.55. The van der Waals surface area contributed by atoms with Crippen molar-refractivity contribution in [3.05, 3.63) is 41.3 Å². The summed E-state index contributed by atoms with van der Waals surface area (Å²) in [5.74, 6) is 1.75. The molecule has 20 heavy (non-hydrogen) atoms. The molecule has 1 aromatic heterocycles. The third kappa shape index (κ3) is 2.36. The Labute approximate surface area is 122 Å². The fourth-order valence-corrected chi connectivity index (χ4v) is 2.49. The highest BCUT2D eigenvalue weighted by molar-refractivity contribution is 6.28. The largest absolute Gasteiger partial charge is 0.497 e. The van der Waals surface area contributed by atoms with E-state index in [4.69, 9.17) is 16.3 Å². The SMILES string of the molecule is COc1ccc(N2Cc3cnc(Cl)nc3N(C)C2)cc1. The molecule has 1 aliphatic rings. The smallest absolute Gasteiger partial charge is 0.224 e. The van der Waals surface area contributed by atoms with Crippen LogP contribution in [0.3, 0.4) is 0 Å². The average molecular weight is 291 g/mol. The van der Waals surface area contributed by atoms with Gasteiger partial charge in [-0.15, -0.1) is 0 Å². The zero-order valence-corrected chi connectivity index (χ0v) is 12.1. The summed E-state index contributed by atoms with van der Waals surface area (Å²) in [6.45, 7) is 1.52. The van der Waals surface area contributed by atoms with E-state index in [1.54, 1.807) is 13.3 Å². The van der Waals surface area contributed by atoms with E-state index in [2.05, 4.69) is 31.9 Å². The van der Waals surface area contributed by atoms with Gasteiger partial charge < -0.3 is 14.5 Å². The van der Waals surface area contributed by atoms with Crippen LogP contribution in [0.5, 0.6) is 5.75 Å². The van der Waals surface area contributed by atoms with Gasteiger partial charge in [-0.3, -0.25) is 0 Å². The Kier molecular flexibility index (Phi) is 3.36. The van der Waals surface area contributed by atoms with Crippen molar-refractivity contribution in [2.75, 3.05) is 30.6 Å². The zero-order valence-electron chi connectivity index (χ0n) is 11.4. The summed E-state index contributed by atoms with van der Waals surface area (Å²) in [7, 11) is 3.67. The van der Waals surface area contributed by atoms with Gasteiger partial charge in [-0.2, -0.15) is 0 Å². The van der Waals surface area contributed by atoms with E-state index in [1.807, 2.05) is 19.2 Å². The van der Waals surface area contributed by atoms with Gasteiger partial charge in [0, 0.05) is 31.0 Å². The maximum Gasteiger partial charge on any atom is 0.224 e. The third-order valence-corrected chi connectivity index (χ3v) is 3.54. The number of ether oxygens (including phenoxy) is 1. The topological polar surface area (TPSA) is 41.5 Å². The van der Waals surface area contributed by atoms with Crippen molar-refractivity contribution < 1.29 is 4.74 Å². The third-order valence-electron chi connectivity index (χ3n) is 3.36. The maximum atomic E-state index is 5.85. The predicted molar refractivity (Wildman–Crippen MR) is 79.5 cm³/mol. The normalized spacial score (nSPS) is 14.2. The molecule has 0 saturated carbocycles. The summed E-state index contributed by atoms with van der Waals surface area (Å²) in [4.78, 5) is 12.7. The fraction of sp³-hybridized carbons (Fsp3) is 0.286. The van der Waals surface area contributed by atoms with Crippen LogP contribution in [-0.2, 0) is 6.54 Å². The van der Waals surface area contributed by atoms with Crippen LogP contribution in [0.15, 0.2) is 30.5 Å². The van der Waals surface area contributed by atoms with Crippen molar-refractivity contribution in [2.45, 2.75) is 6.54 Å². The molecule has 2 heterocycles. The first-order valence-corrected chi connectivity index (χ1v) is 6.67. The molecular weight excluding hydrogens is 276 g/mol. The Morgan fingerprint density at radius 2 is 2.00 bits per heavy atom. The molecule has 2 aromatic rings. The minimum atomic E-state index is 0.286. The van der Waals surface area contributed by atoms with Gasteiger partial charge in [0.2, 0.25) is 5.28 Å². The van der Waals surface area contributed by atoms with Crippen LogP contribution in [0, 0.1) is 0 Å². The zero-order chi connectivity index (χ0) is 14.1. The summed E-state index contributed by atoms with van der Waals surface area (Å²) in [5, 5.41) is 0.286. The first-order chi connectivity index (χ1) is 9.67. The first-order valence-electron chi connectivity index (χ1n) is 6.29. The van der Waals surface area contributed by atoms with Gasteiger partial charge in [0.25, 0.3) is 0 Å². The first kappa shape index (κ1) is 13.0. The Morgan fingerprint density at radius 1 is 1.25 bits per heavy atom. The summed E-state index contributed by atoms with van der Waals surface area (Å²) < 4.78 is 5.18. The van der Waals surface area contributed by atoms with E-state index in [-0.39, 0.29) is 5.28 Å². The second-order valence-electron chi connectivity index (χ2n) is 4.72. The molecule has 3 rings (SSSR count). The highest BCUT2D eigenvalue weighted by Crippen LogP contribution is 2.29.